The molecule has 0 spiro atoms. The summed E-state index contributed by atoms with van der Waals surface area (Å²) in [5.74, 6) is 0.780. The molecule has 1 aromatic rings. The van der Waals surface area contributed by atoms with Gasteiger partial charge in [0.1, 0.15) is 11.6 Å². The maximum absolute atomic E-state index is 12.2. The van der Waals surface area contributed by atoms with Gasteiger partial charge >= 0.3 is 0 Å². The minimum Gasteiger partial charge on any atom is -0.382 e. The lowest BCUT2D eigenvalue weighted by Gasteiger charge is -2.35. The van der Waals surface area contributed by atoms with E-state index in [0.717, 1.165) is 24.2 Å². The quantitative estimate of drug-likeness (QED) is 0.888. The molecular formula is C15H26N4O2. The zero-order chi connectivity index (χ0) is 15.8. The highest BCUT2D eigenvalue weighted by Crippen LogP contribution is 2.28. The number of nitrogens with zero attached hydrogens (tertiary/aromatic N) is 2. The van der Waals surface area contributed by atoms with Crippen molar-refractivity contribution in [2.24, 2.45) is 5.41 Å². The molecule has 0 saturated heterocycles. The largest absolute Gasteiger partial charge is 0.382 e. The summed E-state index contributed by atoms with van der Waals surface area (Å²) >= 11 is 0. The van der Waals surface area contributed by atoms with E-state index in [1.807, 2.05) is 39.7 Å². The minimum absolute atomic E-state index is 0.205. The van der Waals surface area contributed by atoms with Gasteiger partial charge < -0.3 is 5.73 Å². The number of ketones is 1. The van der Waals surface area contributed by atoms with Gasteiger partial charge in [0.15, 0.2) is 0 Å². The lowest BCUT2D eigenvalue weighted by molar-refractivity contribution is -0.244. The number of anilines is 1. The number of Topliss-reactive ketones (excluding diaryl/α,β-unsaturated/α-hetero) is 1. The van der Waals surface area contributed by atoms with Crippen molar-refractivity contribution in [1.29, 1.82) is 0 Å². The first-order valence-corrected chi connectivity index (χ1v) is 7.37. The van der Waals surface area contributed by atoms with Crippen molar-refractivity contribution in [3.8, 4) is 0 Å². The molecule has 1 aromatic heterocycles. The van der Waals surface area contributed by atoms with Crippen LogP contribution in [0.1, 0.15) is 52.3 Å². The zero-order valence-corrected chi connectivity index (χ0v) is 13.6. The van der Waals surface area contributed by atoms with E-state index in [1.54, 1.807) is 0 Å². The maximum Gasteiger partial charge on any atom is 0.148 e. The van der Waals surface area contributed by atoms with E-state index in [-0.39, 0.29) is 11.2 Å². The first kappa shape index (κ1) is 16.0. The number of carbonyl (C=O) groups is 1. The van der Waals surface area contributed by atoms with Crippen LogP contribution in [-0.2, 0) is 22.6 Å². The van der Waals surface area contributed by atoms with Gasteiger partial charge in [-0.2, -0.15) is 10.2 Å². The molecule has 0 bridgehead atoms. The van der Waals surface area contributed by atoms with Gasteiger partial charge in [-0.15, -0.1) is 0 Å². The number of hydrogen-bond acceptors (Lipinski definition) is 5. The average Bonchev–Trinajstić information content (AvgIpc) is 2.68. The van der Waals surface area contributed by atoms with E-state index in [2.05, 4.69) is 10.2 Å². The normalized spacial score (nSPS) is 16.8. The number of hydroxylamine groups is 2. The van der Waals surface area contributed by atoms with Gasteiger partial charge in [0.2, 0.25) is 0 Å². The Morgan fingerprint density at radius 1 is 1.38 bits per heavy atom. The van der Waals surface area contributed by atoms with Crippen LogP contribution >= 0.6 is 0 Å². The number of nitrogens with one attached hydrogen (secondary N) is 1. The lowest BCUT2D eigenvalue weighted by Crippen LogP contribution is -2.41. The standard InChI is InChI=1S/C15H26N4O2/c1-14(2,3)12(20)8-15(4,5)21-19-7-6-10-11(9-19)17-18-13(10)16/h6-9H2,1-5H3,(H3,16,17,18). The van der Waals surface area contributed by atoms with Crippen molar-refractivity contribution in [2.75, 3.05) is 12.3 Å². The Kier molecular flexibility index (Phi) is 4.13. The summed E-state index contributed by atoms with van der Waals surface area (Å²) in [4.78, 5) is 18.2. The molecule has 1 aliphatic heterocycles. The number of nitrogens with two attached hydrogens (primary N) is 1. The molecule has 0 aliphatic carbocycles. The molecule has 0 saturated carbocycles. The van der Waals surface area contributed by atoms with E-state index in [1.165, 1.54) is 0 Å². The molecule has 6 heteroatoms. The first-order chi connectivity index (χ1) is 9.58. The SMILES string of the molecule is CC(C)(CC(=O)C(C)(C)C)ON1CCc2c(N)n[nH]c2C1. The minimum atomic E-state index is -0.520. The maximum atomic E-state index is 12.2. The molecule has 2 heterocycles. The van der Waals surface area contributed by atoms with Crippen molar-refractivity contribution in [3.63, 3.8) is 0 Å². The van der Waals surface area contributed by atoms with Crippen LogP contribution in [0.3, 0.4) is 0 Å². The monoisotopic (exact) mass is 294 g/mol. The molecule has 0 atom stereocenters. The smallest absolute Gasteiger partial charge is 0.148 e. The Morgan fingerprint density at radius 2 is 2.05 bits per heavy atom. The summed E-state index contributed by atoms with van der Waals surface area (Å²) in [5, 5.41) is 8.85. The molecule has 0 fully saturated rings. The molecule has 0 aromatic carbocycles. The molecule has 2 rings (SSSR count). The molecule has 6 nitrogen and oxygen atoms in total. The number of nitrogen functional groups attached to an aromatic ring is 1. The van der Waals surface area contributed by atoms with Crippen LogP contribution in [0.15, 0.2) is 0 Å². The van der Waals surface area contributed by atoms with Gasteiger partial charge in [-0.1, -0.05) is 20.8 Å². The predicted molar refractivity (Wildman–Crippen MR) is 81.4 cm³/mol. The fraction of sp³-hybridized carbons (Fsp3) is 0.733. The van der Waals surface area contributed by atoms with E-state index in [9.17, 15) is 4.79 Å². The highest BCUT2D eigenvalue weighted by Gasteiger charge is 2.33. The van der Waals surface area contributed by atoms with Crippen LogP contribution < -0.4 is 5.73 Å². The Hall–Kier alpha value is -1.40. The van der Waals surface area contributed by atoms with Crippen LogP contribution in [0.2, 0.25) is 0 Å². The van der Waals surface area contributed by atoms with E-state index in [4.69, 9.17) is 10.6 Å². The molecule has 118 valence electrons. The Balaban J connectivity index is 1.97. The highest BCUT2D eigenvalue weighted by atomic mass is 16.7. The van der Waals surface area contributed by atoms with Crippen molar-refractivity contribution in [3.05, 3.63) is 11.3 Å². The molecular weight excluding hydrogens is 268 g/mol. The van der Waals surface area contributed by atoms with Crippen molar-refractivity contribution >= 4 is 11.6 Å². The summed E-state index contributed by atoms with van der Waals surface area (Å²) in [7, 11) is 0. The molecule has 21 heavy (non-hydrogen) atoms. The summed E-state index contributed by atoms with van der Waals surface area (Å²) in [5.41, 5.74) is 7.02. The predicted octanol–water partition coefficient (Wildman–Crippen LogP) is 2.07. The van der Waals surface area contributed by atoms with Gasteiger partial charge in [-0.25, -0.2) is 0 Å². The third kappa shape index (κ3) is 3.83. The molecule has 0 unspecified atom stereocenters. The van der Waals surface area contributed by atoms with Gasteiger partial charge in [-0.3, -0.25) is 14.7 Å². The highest BCUT2D eigenvalue weighted by molar-refractivity contribution is 5.84. The third-order valence-corrected chi connectivity index (χ3v) is 3.73. The Labute approximate surface area is 126 Å². The van der Waals surface area contributed by atoms with Crippen LogP contribution in [-0.4, -0.2) is 33.2 Å². The number of aromatic nitrogens is 2. The van der Waals surface area contributed by atoms with Gasteiger partial charge in [0.05, 0.1) is 17.8 Å². The summed E-state index contributed by atoms with van der Waals surface area (Å²) in [6.07, 6.45) is 1.20. The summed E-state index contributed by atoms with van der Waals surface area (Å²) in [6, 6.07) is 0. The van der Waals surface area contributed by atoms with Crippen LogP contribution in [0.5, 0.6) is 0 Å². The number of H-pyrrole nitrogens is 1. The number of hydrogen-bond donors (Lipinski definition) is 2. The second-order valence-electron chi connectivity index (χ2n) is 7.38. The number of fused-ring (bicyclic) bond motifs is 1. The van der Waals surface area contributed by atoms with E-state index < -0.39 is 5.60 Å². The lowest BCUT2D eigenvalue weighted by atomic mass is 9.84. The molecule has 0 amide bonds. The number of carbonyl (C=O) groups excluding carboxylic acids is 1. The Morgan fingerprint density at radius 3 is 2.67 bits per heavy atom. The third-order valence-electron chi connectivity index (χ3n) is 3.73. The van der Waals surface area contributed by atoms with E-state index >= 15 is 0 Å². The van der Waals surface area contributed by atoms with Crippen LogP contribution in [0.4, 0.5) is 5.82 Å². The first-order valence-electron chi connectivity index (χ1n) is 7.37. The molecule has 3 N–H and O–H groups in total. The van der Waals surface area contributed by atoms with Crippen molar-refractivity contribution in [1.82, 2.24) is 15.3 Å². The van der Waals surface area contributed by atoms with E-state index in [0.29, 0.717) is 18.8 Å². The van der Waals surface area contributed by atoms with Crippen molar-refractivity contribution < 1.29 is 9.63 Å². The Bertz CT molecular complexity index is 528. The van der Waals surface area contributed by atoms with Gasteiger partial charge in [-0.05, 0) is 20.3 Å². The fourth-order valence-electron chi connectivity index (χ4n) is 2.43. The number of aromatic amines is 1. The average molecular weight is 294 g/mol. The zero-order valence-electron chi connectivity index (χ0n) is 13.6. The van der Waals surface area contributed by atoms with Crippen molar-refractivity contribution in [2.45, 2.75) is 59.6 Å². The van der Waals surface area contributed by atoms with Gasteiger partial charge in [0, 0.05) is 23.9 Å². The van der Waals surface area contributed by atoms with Crippen LogP contribution in [0.25, 0.3) is 0 Å². The van der Waals surface area contributed by atoms with Gasteiger partial charge in [0.25, 0.3) is 0 Å². The fourth-order valence-corrected chi connectivity index (χ4v) is 2.43. The second kappa shape index (κ2) is 5.42. The van der Waals surface area contributed by atoms with Crippen LogP contribution in [0, 0.1) is 5.41 Å². The molecule has 0 radical (unpaired) electrons. The summed E-state index contributed by atoms with van der Waals surface area (Å²) in [6.45, 7) is 11.1. The topological polar surface area (TPSA) is 84.2 Å². The number of rotatable bonds is 4. The second-order valence-corrected chi connectivity index (χ2v) is 7.38. The molecule has 1 aliphatic rings. The summed E-state index contributed by atoms with van der Waals surface area (Å²) < 4.78 is 0.